The zero-order valence-electron chi connectivity index (χ0n) is 14.9. The van der Waals surface area contributed by atoms with E-state index in [-0.39, 0.29) is 18.1 Å². The van der Waals surface area contributed by atoms with Gasteiger partial charge in [-0.05, 0) is 31.4 Å². The fraction of sp³-hybridized carbons (Fsp3) is 0.500. The number of piperidine rings is 1. The Kier molecular flexibility index (Phi) is 4.50. The molecule has 3 heterocycles. The number of amides is 1. The predicted octanol–water partition coefficient (Wildman–Crippen LogP) is 1.11. The molecule has 1 amide bonds. The lowest BCUT2D eigenvalue weighted by atomic mass is 10.1. The van der Waals surface area contributed by atoms with Crippen LogP contribution in [0.5, 0.6) is 0 Å². The molecule has 0 bridgehead atoms. The molecule has 26 heavy (non-hydrogen) atoms. The number of para-hydroxylation sites is 2. The molecule has 1 saturated heterocycles. The van der Waals surface area contributed by atoms with Crippen LogP contribution in [-0.2, 0) is 22.6 Å². The number of nitrogens with zero attached hydrogens (tertiary/aromatic N) is 5. The van der Waals surface area contributed by atoms with Crippen LogP contribution in [0, 0.1) is 0 Å². The second-order valence-corrected chi connectivity index (χ2v) is 6.65. The first kappa shape index (κ1) is 16.8. The summed E-state index contributed by atoms with van der Waals surface area (Å²) in [4.78, 5) is 27.3. The molecule has 0 atom stereocenters. The van der Waals surface area contributed by atoms with E-state index in [9.17, 15) is 9.59 Å². The number of fused-ring (bicyclic) bond motifs is 3. The normalized spacial score (nSPS) is 15.2. The molecule has 0 unspecified atom stereocenters. The number of carbonyl (C=O) groups excluding carboxylic acids is 1. The van der Waals surface area contributed by atoms with E-state index >= 15 is 0 Å². The van der Waals surface area contributed by atoms with Crippen molar-refractivity contribution in [2.45, 2.75) is 32.4 Å². The van der Waals surface area contributed by atoms with Crippen LogP contribution < -0.4 is 5.69 Å². The SMILES string of the molecule is COCCn1c2ccccc2n2c(=O)n(CC(=O)N3CCCCC3)nc12. The third kappa shape index (κ3) is 2.80. The van der Waals surface area contributed by atoms with Gasteiger partial charge in [0.25, 0.3) is 0 Å². The van der Waals surface area contributed by atoms with Crippen molar-refractivity contribution in [2.75, 3.05) is 26.8 Å². The molecule has 138 valence electrons. The van der Waals surface area contributed by atoms with Crippen LogP contribution in [0.2, 0.25) is 0 Å². The average Bonchev–Trinajstić information content (AvgIpc) is 3.15. The molecule has 4 rings (SSSR count). The Morgan fingerprint density at radius 3 is 2.62 bits per heavy atom. The van der Waals surface area contributed by atoms with Crippen LogP contribution in [0.15, 0.2) is 29.1 Å². The average molecular weight is 357 g/mol. The van der Waals surface area contributed by atoms with E-state index < -0.39 is 0 Å². The number of carbonyl (C=O) groups is 1. The number of hydrogen-bond acceptors (Lipinski definition) is 4. The number of hydrogen-bond donors (Lipinski definition) is 0. The van der Waals surface area contributed by atoms with E-state index in [4.69, 9.17) is 4.74 Å². The van der Waals surface area contributed by atoms with Gasteiger partial charge in [0.2, 0.25) is 11.7 Å². The van der Waals surface area contributed by atoms with Crippen LogP contribution in [0.1, 0.15) is 19.3 Å². The van der Waals surface area contributed by atoms with Crippen molar-refractivity contribution < 1.29 is 9.53 Å². The van der Waals surface area contributed by atoms with Gasteiger partial charge in [0, 0.05) is 26.7 Å². The van der Waals surface area contributed by atoms with Gasteiger partial charge in [-0.15, -0.1) is 5.10 Å². The number of methoxy groups -OCH3 is 1. The predicted molar refractivity (Wildman–Crippen MR) is 97.3 cm³/mol. The Morgan fingerprint density at radius 1 is 1.15 bits per heavy atom. The summed E-state index contributed by atoms with van der Waals surface area (Å²) in [7, 11) is 1.64. The molecule has 0 saturated carbocycles. The van der Waals surface area contributed by atoms with Crippen molar-refractivity contribution >= 4 is 22.7 Å². The van der Waals surface area contributed by atoms with E-state index in [1.165, 1.54) is 4.68 Å². The highest BCUT2D eigenvalue weighted by molar-refractivity contribution is 5.81. The molecular weight excluding hydrogens is 334 g/mol. The minimum Gasteiger partial charge on any atom is -0.383 e. The lowest BCUT2D eigenvalue weighted by Crippen LogP contribution is -2.39. The third-order valence-electron chi connectivity index (χ3n) is 4.99. The smallest absolute Gasteiger partial charge is 0.352 e. The first-order chi connectivity index (χ1) is 12.7. The Bertz CT molecular complexity index is 993. The van der Waals surface area contributed by atoms with Crippen LogP contribution in [0.3, 0.4) is 0 Å². The maximum atomic E-state index is 12.9. The van der Waals surface area contributed by atoms with Crippen molar-refractivity contribution in [2.24, 2.45) is 0 Å². The molecule has 1 aromatic carbocycles. The lowest BCUT2D eigenvalue weighted by Gasteiger charge is -2.26. The van der Waals surface area contributed by atoms with E-state index in [0.29, 0.717) is 18.9 Å². The van der Waals surface area contributed by atoms with Crippen molar-refractivity contribution in [3.63, 3.8) is 0 Å². The maximum Gasteiger partial charge on any atom is 0.352 e. The summed E-state index contributed by atoms with van der Waals surface area (Å²) in [6, 6.07) is 7.68. The number of ether oxygens (including phenoxy) is 1. The molecule has 3 aromatic rings. The molecule has 1 aliphatic rings. The maximum absolute atomic E-state index is 12.9. The Labute approximate surface area is 150 Å². The zero-order chi connectivity index (χ0) is 18.1. The van der Waals surface area contributed by atoms with E-state index in [1.54, 1.807) is 11.5 Å². The third-order valence-corrected chi connectivity index (χ3v) is 4.99. The second kappa shape index (κ2) is 6.95. The largest absolute Gasteiger partial charge is 0.383 e. The Morgan fingerprint density at radius 2 is 1.88 bits per heavy atom. The van der Waals surface area contributed by atoms with Gasteiger partial charge in [-0.25, -0.2) is 13.9 Å². The van der Waals surface area contributed by atoms with Gasteiger partial charge in [0.15, 0.2) is 0 Å². The topological polar surface area (TPSA) is 73.8 Å². The van der Waals surface area contributed by atoms with Crippen LogP contribution in [0.4, 0.5) is 0 Å². The van der Waals surface area contributed by atoms with E-state index in [2.05, 4.69) is 5.10 Å². The minimum absolute atomic E-state index is 0.0148. The number of aromatic nitrogens is 4. The van der Waals surface area contributed by atoms with Gasteiger partial charge in [-0.2, -0.15) is 0 Å². The van der Waals surface area contributed by atoms with Crippen LogP contribution in [0.25, 0.3) is 16.8 Å². The van der Waals surface area contributed by atoms with Gasteiger partial charge >= 0.3 is 5.69 Å². The minimum atomic E-state index is -0.280. The molecule has 1 aliphatic heterocycles. The first-order valence-electron chi connectivity index (χ1n) is 9.04. The first-order valence-corrected chi connectivity index (χ1v) is 9.04. The van der Waals surface area contributed by atoms with Crippen molar-refractivity contribution in [3.05, 3.63) is 34.7 Å². The molecular formula is C18H23N5O3. The molecule has 0 aliphatic carbocycles. The van der Waals surface area contributed by atoms with Gasteiger partial charge in [0.05, 0.1) is 17.6 Å². The fourth-order valence-corrected chi connectivity index (χ4v) is 3.65. The number of imidazole rings is 1. The summed E-state index contributed by atoms with van der Waals surface area (Å²) in [6.07, 6.45) is 3.21. The Hall–Kier alpha value is -2.61. The van der Waals surface area contributed by atoms with E-state index in [0.717, 1.165) is 43.4 Å². The summed E-state index contributed by atoms with van der Waals surface area (Å²) in [6.45, 7) is 2.62. The van der Waals surface area contributed by atoms with Crippen molar-refractivity contribution in [1.82, 2.24) is 23.6 Å². The highest BCUT2D eigenvalue weighted by atomic mass is 16.5. The molecule has 8 heteroatoms. The number of likely N-dealkylation sites (tertiary alicyclic amines) is 1. The molecule has 0 radical (unpaired) electrons. The molecule has 0 spiro atoms. The standard InChI is InChI=1S/C18H23N5O3/c1-26-12-11-21-14-7-3-4-8-15(14)23-17(21)19-22(18(23)25)13-16(24)20-9-5-2-6-10-20/h3-4,7-8H,2,5-6,9-13H2,1H3. The van der Waals surface area contributed by atoms with Crippen LogP contribution >= 0.6 is 0 Å². The second-order valence-electron chi connectivity index (χ2n) is 6.65. The molecule has 2 aromatic heterocycles. The van der Waals surface area contributed by atoms with Gasteiger partial charge in [0.1, 0.15) is 6.54 Å². The lowest BCUT2D eigenvalue weighted by molar-refractivity contribution is -0.133. The summed E-state index contributed by atoms with van der Waals surface area (Å²) < 4.78 is 10.0. The van der Waals surface area contributed by atoms with Crippen molar-refractivity contribution in [1.29, 1.82) is 0 Å². The van der Waals surface area contributed by atoms with Crippen molar-refractivity contribution in [3.8, 4) is 0 Å². The molecule has 1 fully saturated rings. The highest BCUT2D eigenvalue weighted by Gasteiger charge is 2.21. The summed E-state index contributed by atoms with van der Waals surface area (Å²) >= 11 is 0. The quantitative estimate of drug-likeness (QED) is 0.686. The summed E-state index contributed by atoms with van der Waals surface area (Å²) in [5.41, 5.74) is 1.44. The Balaban J connectivity index is 1.74. The monoisotopic (exact) mass is 357 g/mol. The van der Waals surface area contributed by atoms with Gasteiger partial charge in [-0.3, -0.25) is 4.79 Å². The highest BCUT2D eigenvalue weighted by Crippen LogP contribution is 2.18. The molecule has 8 nitrogen and oxygen atoms in total. The molecule has 0 N–H and O–H groups in total. The number of benzene rings is 1. The summed E-state index contributed by atoms with van der Waals surface area (Å²) in [5.74, 6) is 0.500. The van der Waals surface area contributed by atoms with Gasteiger partial charge in [-0.1, -0.05) is 12.1 Å². The van der Waals surface area contributed by atoms with Crippen LogP contribution in [-0.4, -0.2) is 56.4 Å². The summed E-state index contributed by atoms with van der Waals surface area (Å²) in [5, 5.41) is 4.46. The number of rotatable bonds is 5. The van der Waals surface area contributed by atoms with E-state index in [1.807, 2.05) is 33.7 Å². The van der Waals surface area contributed by atoms with Gasteiger partial charge < -0.3 is 14.2 Å². The fourth-order valence-electron chi connectivity index (χ4n) is 3.65. The zero-order valence-corrected chi connectivity index (χ0v) is 14.9.